The van der Waals surface area contributed by atoms with Crippen molar-refractivity contribution in [2.75, 3.05) is 47.5 Å². The number of quaternary nitrogens is 1. The van der Waals surface area contributed by atoms with Crippen LogP contribution in [0.5, 0.6) is 0 Å². The average Bonchev–Trinajstić information content (AvgIpc) is 3.16. The first-order valence-corrected chi connectivity index (χ1v) is 25.7. The Morgan fingerprint density at radius 1 is 0.474 bits per heavy atom. The zero-order valence-electron chi connectivity index (χ0n) is 38.3. The van der Waals surface area contributed by atoms with E-state index in [0.717, 1.165) is 32.1 Å². The molecule has 340 valence electrons. The van der Waals surface area contributed by atoms with E-state index in [9.17, 15) is 19.0 Å². The highest BCUT2D eigenvalue weighted by molar-refractivity contribution is 7.45. The van der Waals surface area contributed by atoms with Gasteiger partial charge in [0.25, 0.3) is 7.82 Å². The van der Waals surface area contributed by atoms with E-state index in [4.69, 9.17) is 18.5 Å². The molecular weight excluding hydrogens is 737 g/mol. The smallest absolute Gasteiger partial charge is 0.306 e. The lowest BCUT2D eigenvalue weighted by molar-refractivity contribution is -0.870. The van der Waals surface area contributed by atoms with Crippen LogP contribution < -0.4 is 4.89 Å². The first-order chi connectivity index (χ1) is 27.5. The van der Waals surface area contributed by atoms with Gasteiger partial charge in [0, 0.05) is 12.8 Å². The fraction of sp³-hybridized carbons (Fsp3) is 0.957. The van der Waals surface area contributed by atoms with Crippen molar-refractivity contribution in [3.63, 3.8) is 0 Å². The predicted molar refractivity (Wildman–Crippen MR) is 236 cm³/mol. The standard InChI is InChI=1S/C47H94NO8P/c1-6-8-10-12-14-16-18-19-20-21-22-23-24-25-26-27-28-30-31-33-35-37-39-46(49)53-43-45(44-55-57(51,52)54-42-41-48(3,4)5)56-47(50)40-38-36-34-32-29-17-15-13-11-9-7-2/h45H,6-44H2,1-5H3/t45-/m1/s1. The molecule has 0 aromatic heterocycles. The molecule has 0 bridgehead atoms. The highest BCUT2D eigenvalue weighted by Gasteiger charge is 2.21. The summed E-state index contributed by atoms with van der Waals surface area (Å²) in [7, 11) is 1.18. The van der Waals surface area contributed by atoms with Crippen molar-refractivity contribution in [2.45, 2.75) is 245 Å². The highest BCUT2D eigenvalue weighted by Crippen LogP contribution is 2.38. The van der Waals surface area contributed by atoms with Crippen LogP contribution in [0.3, 0.4) is 0 Å². The summed E-state index contributed by atoms with van der Waals surface area (Å²) in [6.45, 7) is 4.26. The molecule has 0 N–H and O–H groups in total. The van der Waals surface area contributed by atoms with Crippen LogP contribution >= 0.6 is 7.82 Å². The van der Waals surface area contributed by atoms with Gasteiger partial charge in [-0.1, -0.05) is 213 Å². The lowest BCUT2D eigenvalue weighted by Crippen LogP contribution is -2.37. The van der Waals surface area contributed by atoms with Crippen LogP contribution in [0, 0.1) is 0 Å². The minimum Gasteiger partial charge on any atom is -0.756 e. The Bertz CT molecular complexity index is 943. The van der Waals surface area contributed by atoms with Crippen LogP contribution in [0.15, 0.2) is 0 Å². The third-order valence-corrected chi connectivity index (χ3v) is 11.8. The van der Waals surface area contributed by atoms with Crippen LogP contribution in [-0.2, 0) is 32.7 Å². The number of rotatable bonds is 45. The molecule has 0 aromatic rings. The van der Waals surface area contributed by atoms with Gasteiger partial charge in [-0.05, 0) is 12.8 Å². The molecule has 0 aliphatic rings. The van der Waals surface area contributed by atoms with Gasteiger partial charge in [0.05, 0.1) is 27.7 Å². The largest absolute Gasteiger partial charge is 0.756 e. The maximum Gasteiger partial charge on any atom is 0.306 e. The zero-order valence-corrected chi connectivity index (χ0v) is 39.2. The molecule has 9 nitrogen and oxygen atoms in total. The summed E-state index contributed by atoms with van der Waals surface area (Å²) >= 11 is 0. The monoisotopic (exact) mass is 832 g/mol. The zero-order chi connectivity index (χ0) is 42.1. The van der Waals surface area contributed by atoms with E-state index < -0.39 is 26.5 Å². The number of unbranched alkanes of at least 4 members (excludes halogenated alkanes) is 31. The van der Waals surface area contributed by atoms with Gasteiger partial charge in [0.1, 0.15) is 19.8 Å². The second-order valence-corrected chi connectivity index (χ2v) is 19.3. The topological polar surface area (TPSA) is 111 Å². The van der Waals surface area contributed by atoms with Crippen LogP contribution in [0.1, 0.15) is 239 Å². The summed E-state index contributed by atoms with van der Waals surface area (Å²) in [4.78, 5) is 37.5. The number of nitrogens with zero attached hydrogens (tertiary/aromatic N) is 1. The number of ether oxygens (including phenoxy) is 2. The maximum atomic E-state index is 12.6. The van der Waals surface area contributed by atoms with Crippen molar-refractivity contribution in [1.82, 2.24) is 0 Å². The molecule has 0 saturated carbocycles. The lowest BCUT2D eigenvalue weighted by Gasteiger charge is -2.28. The van der Waals surface area contributed by atoms with Crippen molar-refractivity contribution in [3.8, 4) is 0 Å². The Hall–Kier alpha value is -0.990. The second kappa shape index (κ2) is 40.4. The number of phosphoric acid groups is 1. The van der Waals surface area contributed by atoms with Crippen LogP contribution in [0.2, 0.25) is 0 Å². The Labute approximate surface area is 353 Å². The summed E-state index contributed by atoms with van der Waals surface area (Å²) in [5.74, 6) is -0.819. The van der Waals surface area contributed by atoms with E-state index in [-0.39, 0.29) is 32.0 Å². The number of carbonyl (C=O) groups is 2. The number of hydrogen-bond donors (Lipinski definition) is 0. The molecule has 0 spiro atoms. The van der Waals surface area contributed by atoms with E-state index in [0.29, 0.717) is 17.4 Å². The van der Waals surface area contributed by atoms with Crippen molar-refractivity contribution < 1.29 is 42.1 Å². The van der Waals surface area contributed by atoms with Crippen LogP contribution in [0.4, 0.5) is 0 Å². The minimum atomic E-state index is -4.62. The third-order valence-electron chi connectivity index (χ3n) is 10.9. The second-order valence-electron chi connectivity index (χ2n) is 17.8. The van der Waals surface area contributed by atoms with E-state index in [1.165, 1.54) is 173 Å². The Balaban J connectivity index is 4.13. The van der Waals surface area contributed by atoms with E-state index in [1.807, 2.05) is 21.1 Å². The Morgan fingerprint density at radius 3 is 1.12 bits per heavy atom. The number of carbonyl (C=O) groups excluding carboxylic acids is 2. The molecule has 1 unspecified atom stereocenters. The average molecular weight is 832 g/mol. The summed E-state index contributed by atoms with van der Waals surface area (Å²) in [6, 6.07) is 0. The van der Waals surface area contributed by atoms with Gasteiger partial charge in [-0.2, -0.15) is 0 Å². The molecule has 0 fully saturated rings. The van der Waals surface area contributed by atoms with Crippen LogP contribution in [-0.4, -0.2) is 70.0 Å². The molecule has 57 heavy (non-hydrogen) atoms. The predicted octanol–water partition coefficient (Wildman–Crippen LogP) is 13.3. The van der Waals surface area contributed by atoms with E-state index in [2.05, 4.69) is 13.8 Å². The van der Waals surface area contributed by atoms with Crippen molar-refractivity contribution >= 4 is 19.8 Å². The normalized spacial score (nSPS) is 13.4. The maximum absolute atomic E-state index is 12.6. The molecule has 0 heterocycles. The summed E-state index contributed by atoms with van der Waals surface area (Å²) < 4.78 is 33.9. The molecule has 0 saturated heterocycles. The summed E-state index contributed by atoms with van der Waals surface area (Å²) in [6.07, 6.45) is 41.4. The van der Waals surface area contributed by atoms with Gasteiger partial charge < -0.3 is 27.9 Å². The molecular formula is C47H94NO8P. The number of hydrogen-bond acceptors (Lipinski definition) is 8. The van der Waals surface area contributed by atoms with Gasteiger partial charge in [-0.3, -0.25) is 14.2 Å². The van der Waals surface area contributed by atoms with Gasteiger partial charge >= 0.3 is 11.9 Å². The van der Waals surface area contributed by atoms with Crippen molar-refractivity contribution in [3.05, 3.63) is 0 Å². The molecule has 0 radical (unpaired) electrons. The third kappa shape index (κ3) is 44.4. The molecule has 2 atom stereocenters. The molecule has 0 aromatic carbocycles. The lowest BCUT2D eigenvalue weighted by atomic mass is 10.0. The van der Waals surface area contributed by atoms with Gasteiger partial charge in [-0.25, -0.2) is 0 Å². The number of esters is 2. The molecule has 0 rings (SSSR count). The number of likely N-dealkylation sites (N-methyl/N-ethyl adjacent to an activating group) is 1. The molecule has 0 amide bonds. The molecule has 10 heteroatoms. The summed E-state index contributed by atoms with van der Waals surface area (Å²) in [5.41, 5.74) is 0. The van der Waals surface area contributed by atoms with Crippen LogP contribution in [0.25, 0.3) is 0 Å². The molecule has 0 aliphatic heterocycles. The minimum absolute atomic E-state index is 0.0257. The quantitative estimate of drug-likeness (QED) is 0.0258. The molecule has 0 aliphatic carbocycles. The van der Waals surface area contributed by atoms with E-state index in [1.54, 1.807) is 0 Å². The highest BCUT2D eigenvalue weighted by atomic mass is 31.2. The fourth-order valence-corrected chi connectivity index (χ4v) is 7.80. The first-order valence-electron chi connectivity index (χ1n) is 24.2. The van der Waals surface area contributed by atoms with Crippen molar-refractivity contribution in [1.29, 1.82) is 0 Å². The SMILES string of the molecule is CCCCCCCCCCCCCCCCCCCCCCCCC(=O)OC[C@H](COP(=O)([O-])OCC[N+](C)(C)C)OC(=O)CCCCCCCCCCCCC. The first kappa shape index (κ1) is 56.0. The van der Waals surface area contributed by atoms with E-state index >= 15 is 0 Å². The van der Waals surface area contributed by atoms with Gasteiger partial charge in [0.15, 0.2) is 6.10 Å². The number of phosphoric ester groups is 1. The fourth-order valence-electron chi connectivity index (χ4n) is 7.07. The Kier molecular flexibility index (Phi) is 39.7. The van der Waals surface area contributed by atoms with Gasteiger partial charge in [0.2, 0.25) is 0 Å². The van der Waals surface area contributed by atoms with Gasteiger partial charge in [-0.15, -0.1) is 0 Å². The Morgan fingerprint density at radius 2 is 0.789 bits per heavy atom. The van der Waals surface area contributed by atoms with Crippen molar-refractivity contribution in [2.24, 2.45) is 0 Å². The summed E-state index contributed by atoms with van der Waals surface area (Å²) in [5, 5.41) is 0.